The van der Waals surface area contributed by atoms with Gasteiger partial charge in [-0.2, -0.15) is 0 Å². The molecule has 8 heteroatoms. The maximum Gasteiger partial charge on any atom is 0.338 e. The topological polar surface area (TPSA) is 84.0 Å². The monoisotopic (exact) mass is 492 g/mol. The highest BCUT2D eigenvalue weighted by molar-refractivity contribution is 7.92. The first-order valence-corrected chi connectivity index (χ1v) is 12.9. The molecule has 1 amide bonds. The Morgan fingerprint density at radius 3 is 2.43 bits per heavy atom. The Morgan fingerprint density at radius 1 is 1.03 bits per heavy atom. The summed E-state index contributed by atoms with van der Waals surface area (Å²) in [6.45, 7) is 5.17. The van der Waals surface area contributed by atoms with Crippen LogP contribution >= 0.6 is 0 Å². The second-order valence-electron chi connectivity index (χ2n) is 8.51. The highest BCUT2D eigenvalue weighted by Gasteiger charge is 2.31. The van der Waals surface area contributed by atoms with Gasteiger partial charge >= 0.3 is 5.97 Å². The predicted octanol–water partition coefficient (Wildman–Crippen LogP) is 4.34. The zero-order chi connectivity index (χ0) is 25.2. The van der Waals surface area contributed by atoms with Crippen LogP contribution < -0.4 is 9.21 Å². The lowest BCUT2D eigenvalue weighted by atomic mass is 10.1. The smallest absolute Gasteiger partial charge is 0.338 e. The molecule has 3 aromatic carbocycles. The van der Waals surface area contributed by atoms with Gasteiger partial charge in [0, 0.05) is 18.3 Å². The van der Waals surface area contributed by atoms with Crippen molar-refractivity contribution < 1.29 is 22.7 Å². The minimum Gasteiger partial charge on any atom is -0.452 e. The van der Waals surface area contributed by atoms with Crippen LogP contribution in [0, 0.1) is 6.92 Å². The van der Waals surface area contributed by atoms with Gasteiger partial charge in [0.05, 0.1) is 16.1 Å². The molecule has 0 spiro atoms. The van der Waals surface area contributed by atoms with E-state index in [1.54, 1.807) is 49.1 Å². The first-order valence-electron chi connectivity index (χ1n) is 11.5. The van der Waals surface area contributed by atoms with Gasteiger partial charge < -0.3 is 9.64 Å². The van der Waals surface area contributed by atoms with Crippen LogP contribution in [0.2, 0.25) is 0 Å². The number of carbonyl (C=O) groups excluding carboxylic acids is 2. The molecule has 3 aromatic rings. The molecule has 1 heterocycles. The Balaban J connectivity index is 1.53. The van der Waals surface area contributed by atoms with E-state index >= 15 is 0 Å². The van der Waals surface area contributed by atoms with Crippen LogP contribution in [0.15, 0.2) is 77.7 Å². The van der Waals surface area contributed by atoms with Gasteiger partial charge in [-0.3, -0.25) is 9.10 Å². The molecule has 1 aliphatic rings. The number of fused-ring (bicyclic) bond motifs is 1. The summed E-state index contributed by atoms with van der Waals surface area (Å²) in [5, 5.41) is 0. The molecular formula is C27H28N2O5S. The average Bonchev–Trinajstić information content (AvgIpc) is 3.19. The van der Waals surface area contributed by atoms with Gasteiger partial charge in [0.15, 0.2) is 6.61 Å². The fraction of sp³-hybridized carbons (Fsp3) is 0.259. The van der Waals surface area contributed by atoms with Crippen LogP contribution in [0.25, 0.3) is 0 Å². The third-order valence-corrected chi connectivity index (χ3v) is 8.17. The molecular weight excluding hydrogens is 464 g/mol. The van der Waals surface area contributed by atoms with Crippen molar-refractivity contribution in [2.24, 2.45) is 0 Å². The van der Waals surface area contributed by atoms with Gasteiger partial charge in [-0.05, 0) is 68.7 Å². The lowest BCUT2D eigenvalue weighted by Crippen LogP contribution is -2.38. The largest absolute Gasteiger partial charge is 0.452 e. The number of hydrogen-bond donors (Lipinski definition) is 0. The van der Waals surface area contributed by atoms with E-state index in [-0.39, 0.29) is 29.0 Å². The van der Waals surface area contributed by atoms with Gasteiger partial charge in [-0.25, -0.2) is 13.2 Å². The third kappa shape index (κ3) is 4.79. The van der Waals surface area contributed by atoms with Crippen LogP contribution in [0.3, 0.4) is 0 Å². The Labute approximate surface area is 206 Å². The van der Waals surface area contributed by atoms with E-state index in [4.69, 9.17) is 4.74 Å². The number of carbonyl (C=O) groups is 2. The fourth-order valence-electron chi connectivity index (χ4n) is 4.44. The molecule has 35 heavy (non-hydrogen) atoms. The van der Waals surface area contributed by atoms with Crippen molar-refractivity contribution in [3.8, 4) is 0 Å². The van der Waals surface area contributed by atoms with Crippen LogP contribution in [-0.2, 0) is 26.0 Å². The molecule has 0 aromatic heterocycles. The molecule has 0 N–H and O–H groups in total. The molecule has 4 rings (SSSR count). The predicted molar refractivity (Wildman–Crippen MR) is 135 cm³/mol. The van der Waals surface area contributed by atoms with E-state index in [1.807, 2.05) is 37.3 Å². The number of nitrogens with zero attached hydrogens (tertiary/aromatic N) is 2. The molecule has 182 valence electrons. The molecule has 1 atom stereocenters. The van der Waals surface area contributed by atoms with Crippen molar-refractivity contribution in [3.63, 3.8) is 0 Å². The maximum absolute atomic E-state index is 13.5. The van der Waals surface area contributed by atoms with Gasteiger partial charge in [0.2, 0.25) is 0 Å². The summed E-state index contributed by atoms with van der Waals surface area (Å²) in [4.78, 5) is 27.3. The summed E-state index contributed by atoms with van der Waals surface area (Å²) >= 11 is 0. The second-order valence-corrected chi connectivity index (χ2v) is 10.3. The van der Waals surface area contributed by atoms with Crippen molar-refractivity contribution in [2.45, 2.75) is 38.1 Å². The van der Waals surface area contributed by atoms with Crippen LogP contribution in [0.4, 0.5) is 11.4 Å². The molecule has 1 aliphatic heterocycles. The van der Waals surface area contributed by atoms with E-state index in [0.29, 0.717) is 11.3 Å². The summed E-state index contributed by atoms with van der Waals surface area (Å²) in [6.07, 6.45) is 0.740. The molecule has 0 saturated heterocycles. The van der Waals surface area contributed by atoms with Crippen molar-refractivity contribution in [2.75, 3.05) is 22.4 Å². The first kappa shape index (κ1) is 24.5. The Bertz CT molecular complexity index is 1350. The molecule has 0 fully saturated rings. The number of benzene rings is 3. The maximum atomic E-state index is 13.5. The number of para-hydroxylation sites is 2. The van der Waals surface area contributed by atoms with Gasteiger partial charge in [-0.15, -0.1) is 0 Å². The minimum absolute atomic E-state index is 0.0195. The zero-order valence-electron chi connectivity index (χ0n) is 20.0. The van der Waals surface area contributed by atoms with Crippen molar-refractivity contribution in [1.82, 2.24) is 0 Å². The Morgan fingerprint density at radius 2 is 1.71 bits per heavy atom. The van der Waals surface area contributed by atoms with E-state index in [1.165, 1.54) is 16.4 Å². The highest BCUT2D eigenvalue weighted by atomic mass is 32.2. The fourth-order valence-corrected chi connectivity index (χ4v) is 6.16. The molecule has 0 unspecified atom stereocenters. The third-order valence-electron chi connectivity index (χ3n) is 6.13. The SMILES string of the molecule is CCN(c1ccccc1)S(=O)(=O)c1cc(C(=O)OCC(=O)N2c3ccccc3C[C@@H]2C)ccc1C. The number of rotatable bonds is 7. The van der Waals surface area contributed by atoms with Crippen molar-refractivity contribution in [3.05, 3.63) is 89.5 Å². The van der Waals surface area contributed by atoms with E-state index in [0.717, 1.165) is 17.7 Å². The molecule has 0 bridgehead atoms. The van der Waals surface area contributed by atoms with Crippen LogP contribution in [0.5, 0.6) is 0 Å². The highest BCUT2D eigenvalue weighted by Crippen LogP contribution is 2.32. The number of hydrogen-bond acceptors (Lipinski definition) is 5. The molecule has 0 saturated carbocycles. The van der Waals surface area contributed by atoms with Crippen molar-refractivity contribution in [1.29, 1.82) is 0 Å². The number of aryl methyl sites for hydroxylation is 1. The number of ether oxygens (including phenoxy) is 1. The Kier molecular flexibility index (Phi) is 6.93. The lowest BCUT2D eigenvalue weighted by Gasteiger charge is -2.24. The van der Waals surface area contributed by atoms with Crippen molar-refractivity contribution >= 4 is 33.3 Å². The molecule has 7 nitrogen and oxygen atoms in total. The second kappa shape index (κ2) is 9.92. The van der Waals surface area contributed by atoms with E-state index in [9.17, 15) is 18.0 Å². The summed E-state index contributed by atoms with van der Waals surface area (Å²) in [7, 11) is -3.93. The van der Waals surface area contributed by atoms with Gasteiger partial charge in [0.25, 0.3) is 15.9 Å². The van der Waals surface area contributed by atoms with Gasteiger partial charge in [-0.1, -0.05) is 42.5 Å². The summed E-state index contributed by atoms with van der Waals surface area (Å²) < 4.78 is 33.5. The Hall–Kier alpha value is -3.65. The lowest BCUT2D eigenvalue weighted by molar-refractivity contribution is -0.122. The molecule has 0 aliphatic carbocycles. The number of sulfonamides is 1. The number of esters is 1. The van der Waals surface area contributed by atoms with E-state index < -0.39 is 22.6 Å². The summed E-state index contributed by atoms with van der Waals surface area (Å²) in [6, 6.07) is 20.8. The normalized spacial score (nSPS) is 14.9. The average molecular weight is 493 g/mol. The first-order chi connectivity index (χ1) is 16.7. The zero-order valence-corrected chi connectivity index (χ0v) is 20.8. The molecule has 0 radical (unpaired) electrons. The van der Waals surface area contributed by atoms with Crippen LogP contribution in [-0.4, -0.2) is 39.5 Å². The van der Waals surface area contributed by atoms with Crippen LogP contribution in [0.1, 0.15) is 35.3 Å². The number of anilines is 2. The summed E-state index contributed by atoms with van der Waals surface area (Å²) in [5.41, 5.74) is 3.01. The quantitative estimate of drug-likeness (QED) is 0.458. The standard InChI is InChI=1S/C27H28N2O5S/c1-4-28(23-11-6-5-7-12-23)35(32,33)25-17-22(15-14-19(25)2)27(31)34-18-26(30)29-20(3)16-21-10-8-9-13-24(21)29/h5-15,17,20H,4,16,18H2,1-3H3/t20-/m0/s1. The minimum atomic E-state index is -3.93. The summed E-state index contributed by atoms with van der Waals surface area (Å²) in [5.74, 6) is -1.07. The van der Waals surface area contributed by atoms with Gasteiger partial charge in [0.1, 0.15) is 0 Å². The number of amides is 1. The van der Waals surface area contributed by atoms with E-state index in [2.05, 4.69) is 0 Å².